The van der Waals surface area contributed by atoms with E-state index in [1.54, 1.807) is 23.5 Å². The average molecular weight is 364 g/mol. The van der Waals surface area contributed by atoms with Gasteiger partial charge in [-0.15, -0.1) is 11.3 Å². The number of aromatic nitrogens is 1. The zero-order valence-electron chi connectivity index (χ0n) is 15.0. The average Bonchev–Trinajstić information content (AvgIpc) is 3.01. The van der Waals surface area contributed by atoms with Crippen LogP contribution in [-0.4, -0.2) is 30.7 Å². The molecule has 0 spiro atoms. The molecule has 25 heavy (non-hydrogen) atoms. The Labute approximate surface area is 152 Å². The van der Waals surface area contributed by atoms with Crippen LogP contribution in [0.15, 0.2) is 17.5 Å². The molecule has 2 aromatic rings. The second-order valence-electron chi connectivity index (χ2n) is 5.14. The van der Waals surface area contributed by atoms with Crippen LogP contribution >= 0.6 is 11.3 Å². The molecule has 1 amide bonds. The van der Waals surface area contributed by atoms with Gasteiger partial charge in [-0.05, 0) is 39.8 Å². The lowest BCUT2D eigenvalue weighted by atomic mass is 10.1. The molecule has 136 valence electrons. The van der Waals surface area contributed by atoms with E-state index in [9.17, 15) is 4.79 Å². The molecule has 0 unspecified atom stereocenters. The van der Waals surface area contributed by atoms with Gasteiger partial charge in [0.15, 0.2) is 11.5 Å². The molecule has 1 heterocycles. The third-order valence-corrected chi connectivity index (χ3v) is 4.09. The molecule has 0 saturated heterocycles. The second kappa shape index (κ2) is 9.27. The first kappa shape index (κ1) is 19.1. The maximum Gasteiger partial charge on any atom is 0.251 e. The highest BCUT2D eigenvalue weighted by Gasteiger charge is 2.18. The molecular formula is C18H24N2O4S. The summed E-state index contributed by atoms with van der Waals surface area (Å²) >= 11 is 1.56. The van der Waals surface area contributed by atoms with Gasteiger partial charge in [0, 0.05) is 10.9 Å². The van der Waals surface area contributed by atoms with Crippen molar-refractivity contribution in [3.05, 3.63) is 33.8 Å². The van der Waals surface area contributed by atoms with Crippen LogP contribution in [0.2, 0.25) is 0 Å². The number of nitrogens with zero attached hydrogens (tertiary/aromatic N) is 1. The van der Waals surface area contributed by atoms with E-state index in [0.717, 1.165) is 10.7 Å². The number of aryl methyl sites for hydroxylation is 1. The summed E-state index contributed by atoms with van der Waals surface area (Å²) in [6.45, 7) is 9.39. The zero-order valence-corrected chi connectivity index (χ0v) is 15.9. The highest BCUT2D eigenvalue weighted by molar-refractivity contribution is 7.09. The summed E-state index contributed by atoms with van der Waals surface area (Å²) in [5, 5.41) is 5.78. The Kier molecular flexibility index (Phi) is 7.06. The first-order chi connectivity index (χ1) is 12.1. The number of ether oxygens (including phenoxy) is 3. The predicted molar refractivity (Wildman–Crippen MR) is 98.0 cm³/mol. The van der Waals surface area contributed by atoms with Crippen LogP contribution < -0.4 is 19.5 Å². The summed E-state index contributed by atoms with van der Waals surface area (Å²) in [5.74, 6) is 1.32. The van der Waals surface area contributed by atoms with Crippen molar-refractivity contribution in [3.63, 3.8) is 0 Å². The molecule has 1 aromatic heterocycles. The van der Waals surface area contributed by atoms with Gasteiger partial charge in [-0.3, -0.25) is 4.79 Å². The van der Waals surface area contributed by atoms with Gasteiger partial charge in [-0.25, -0.2) is 4.98 Å². The monoisotopic (exact) mass is 364 g/mol. The Balaban J connectivity index is 2.24. The second-order valence-corrected chi connectivity index (χ2v) is 6.20. The quantitative estimate of drug-likeness (QED) is 0.736. The number of rotatable bonds is 9. The molecule has 0 aliphatic carbocycles. The summed E-state index contributed by atoms with van der Waals surface area (Å²) in [5.41, 5.74) is 1.30. The van der Waals surface area contributed by atoms with Crippen molar-refractivity contribution in [2.24, 2.45) is 0 Å². The van der Waals surface area contributed by atoms with Crippen molar-refractivity contribution >= 4 is 17.2 Å². The Hall–Kier alpha value is -2.28. The van der Waals surface area contributed by atoms with E-state index in [1.165, 1.54) is 0 Å². The van der Waals surface area contributed by atoms with E-state index in [1.807, 2.05) is 33.1 Å². The van der Waals surface area contributed by atoms with E-state index in [0.29, 0.717) is 49.2 Å². The van der Waals surface area contributed by atoms with Crippen molar-refractivity contribution in [1.29, 1.82) is 0 Å². The molecule has 0 radical (unpaired) electrons. The molecule has 0 atom stereocenters. The Bertz CT molecular complexity index is 688. The molecule has 0 aliphatic heterocycles. The SMILES string of the molecule is CCOc1cc(C(=O)NCc2csc(C)n2)cc(OCC)c1OCC. The molecule has 0 saturated carbocycles. The van der Waals surface area contributed by atoms with Crippen molar-refractivity contribution in [1.82, 2.24) is 10.3 Å². The maximum absolute atomic E-state index is 12.5. The van der Waals surface area contributed by atoms with E-state index in [-0.39, 0.29) is 5.91 Å². The van der Waals surface area contributed by atoms with Crippen molar-refractivity contribution in [2.45, 2.75) is 34.2 Å². The molecular weight excluding hydrogens is 340 g/mol. The van der Waals surface area contributed by atoms with Crippen LogP contribution in [0.5, 0.6) is 17.2 Å². The van der Waals surface area contributed by atoms with Crippen molar-refractivity contribution < 1.29 is 19.0 Å². The number of benzene rings is 1. The lowest BCUT2D eigenvalue weighted by molar-refractivity contribution is 0.0949. The van der Waals surface area contributed by atoms with Gasteiger partial charge >= 0.3 is 0 Å². The maximum atomic E-state index is 12.5. The van der Waals surface area contributed by atoms with E-state index in [2.05, 4.69) is 10.3 Å². The van der Waals surface area contributed by atoms with Crippen molar-refractivity contribution in [2.75, 3.05) is 19.8 Å². The van der Waals surface area contributed by atoms with Crippen LogP contribution in [0.3, 0.4) is 0 Å². The predicted octanol–water partition coefficient (Wildman–Crippen LogP) is 3.58. The third kappa shape index (κ3) is 5.09. The van der Waals surface area contributed by atoms with Gasteiger partial charge in [-0.2, -0.15) is 0 Å². The number of thiazole rings is 1. The Morgan fingerprint density at radius 3 is 2.16 bits per heavy atom. The summed E-state index contributed by atoms with van der Waals surface area (Å²) in [7, 11) is 0. The number of hydrogen-bond donors (Lipinski definition) is 1. The van der Waals surface area contributed by atoms with Crippen LogP contribution in [0, 0.1) is 6.92 Å². The van der Waals surface area contributed by atoms with Gasteiger partial charge in [0.2, 0.25) is 5.75 Å². The number of nitrogens with one attached hydrogen (secondary N) is 1. The summed E-state index contributed by atoms with van der Waals surface area (Å²) in [6, 6.07) is 3.36. The fraction of sp³-hybridized carbons (Fsp3) is 0.444. The van der Waals surface area contributed by atoms with E-state index < -0.39 is 0 Å². The molecule has 0 bridgehead atoms. The molecule has 0 aliphatic rings. The number of carbonyl (C=O) groups is 1. The van der Waals surface area contributed by atoms with Crippen LogP contribution in [0.4, 0.5) is 0 Å². The van der Waals surface area contributed by atoms with Gasteiger partial charge in [0.05, 0.1) is 37.1 Å². The van der Waals surface area contributed by atoms with Gasteiger partial charge in [0.25, 0.3) is 5.91 Å². The number of hydrogen-bond acceptors (Lipinski definition) is 6. The topological polar surface area (TPSA) is 69.7 Å². The molecule has 6 nitrogen and oxygen atoms in total. The zero-order chi connectivity index (χ0) is 18.2. The molecule has 1 aromatic carbocycles. The summed E-state index contributed by atoms with van der Waals surface area (Å²) in [6.07, 6.45) is 0. The molecule has 1 N–H and O–H groups in total. The van der Waals surface area contributed by atoms with Gasteiger partial charge in [0.1, 0.15) is 0 Å². The molecule has 2 rings (SSSR count). The first-order valence-corrected chi connectivity index (χ1v) is 9.22. The van der Waals surface area contributed by atoms with Gasteiger partial charge in [-0.1, -0.05) is 0 Å². The first-order valence-electron chi connectivity index (χ1n) is 8.34. The van der Waals surface area contributed by atoms with Crippen LogP contribution in [0.25, 0.3) is 0 Å². The highest BCUT2D eigenvalue weighted by Crippen LogP contribution is 2.39. The smallest absolute Gasteiger partial charge is 0.251 e. The summed E-state index contributed by atoms with van der Waals surface area (Å²) in [4.78, 5) is 16.9. The van der Waals surface area contributed by atoms with Gasteiger partial charge < -0.3 is 19.5 Å². The Morgan fingerprint density at radius 1 is 1.08 bits per heavy atom. The lowest BCUT2D eigenvalue weighted by Crippen LogP contribution is -2.23. The minimum atomic E-state index is -0.212. The van der Waals surface area contributed by atoms with Crippen molar-refractivity contribution in [3.8, 4) is 17.2 Å². The fourth-order valence-electron chi connectivity index (χ4n) is 2.28. The minimum absolute atomic E-state index is 0.212. The fourth-order valence-corrected chi connectivity index (χ4v) is 2.89. The number of amides is 1. The standard InChI is InChI=1S/C18H24N2O4S/c1-5-22-15-8-13(9-16(23-6-2)17(15)24-7-3)18(21)19-10-14-11-25-12(4)20-14/h8-9,11H,5-7,10H2,1-4H3,(H,19,21). The summed E-state index contributed by atoms with van der Waals surface area (Å²) < 4.78 is 16.9. The highest BCUT2D eigenvalue weighted by atomic mass is 32.1. The van der Waals surface area contributed by atoms with Crippen LogP contribution in [0.1, 0.15) is 41.8 Å². The third-order valence-electron chi connectivity index (χ3n) is 3.27. The number of carbonyl (C=O) groups excluding carboxylic acids is 1. The molecule has 7 heteroatoms. The van der Waals surface area contributed by atoms with E-state index in [4.69, 9.17) is 14.2 Å². The van der Waals surface area contributed by atoms with E-state index >= 15 is 0 Å². The van der Waals surface area contributed by atoms with Crippen LogP contribution in [-0.2, 0) is 6.54 Å². The lowest BCUT2D eigenvalue weighted by Gasteiger charge is -2.17. The Morgan fingerprint density at radius 2 is 1.68 bits per heavy atom. The normalized spacial score (nSPS) is 10.4. The largest absolute Gasteiger partial charge is 0.490 e. The molecule has 0 fully saturated rings. The minimum Gasteiger partial charge on any atom is -0.490 e.